The van der Waals surface area contributed by atoms with Crippen molar-refractivity contribution in [2.75, 3.05) is 20.2 Å². The molecular weight excluding hydrogens is 412 g/mol. The van der Waals surface area contributed by atoms with Gasteiger partial charge < -0.3 is 19.9 Å². The van der Waals surface area contributed by atoms with Crippen molar-refractivity contribution < 1.29 is 9.53 Å². The van der Waals surface area contributed by atoms with E-state index in [0.717, 1.165) is 29.4 Å². The van der Waals surface area contributed by atoms with Crippen molar-refractivity contribution in [3.05, 3.63) is 70.6 Å². The fourth-order valence-corrected chi connectivity index (χ4v) is 4.51. The minimum Gasteiger partial charge on any atom is -0.467 e. The van der Waals surface area contributed by atoms with Crippen LogP contribution in [0.1, 0.15) is 24.4 Å². The second-order valence-electron chi connectivity index (χ2n) is 7.75. The van der Waals surface area contributed by atoms with Crippen LogP contribution in [0.5, 0.6) is 0 Å². The summed E-state index contributed by atoms with van der Waals surface area (Å²) in [4.78, 5) is 29.8. The van der Waals surface area contributed by atoms with Gasteiger partial charge in [0.25, 0.3) is 0 Å². The van der Waals surface area contributed by atoms with Gasteiger partial charge in [0.2, 0.25) is 0 Å². The summed E-state index contributed by atoms with van der Waals surface area (Å²) in [7, 11) is 1.38. The van der Waals surface area contributed by atoms with Crippen LogP contribution in [-0.4, -0.2) is 51.8 Å². The Kier molecular flexibility index (Phi) is 6.36. The van der Waals surface area contributed by atoms with Gasteiger partial charge in [-0.25, -0.2) is 9.59 Å². The molecule has 7 nitrogen and oxygen atoms in total. The number of hydrogen-bond acceptors (Lipinski definition) is 4. The summed E-state index contributed by atoms with van der Waals surface area (Å²) in [5, 5.41) is 3.72. The maximum Gasteiger partial charge on any atom is 0.328 e. The third-order valence-corrected chi connectivity index (χ3v) is 6.18. The van der Waals surface area contributed by atoms with Crippen LogP contribution in [0.2, 0.25) is 0 Å². The number of thiocarbonyl (C=S) groups is 1. The van der Waals surface area contributed by atoms with Crippen LogP contribution in [0.4, 0.5) is 0 Å². The number of carbonyl (C=O) groups is 1. The molecule has 0 amide bonds. The molecule has 0 radical (unpaired) electrons. The number of aromatic nitrogens is 2. The summed E-state index contributed by atoms with van der Waals surface area (Å²) in [6, 6.07) is 17.1. The van der Waals surface area contributed by atoms with E-state index in [0.29, 0.717) is 24.6 Å². The van der Waals surface area contributed by atoms with Crippen molar-refractivity contribution in [3.63, 3.8) is 0 Å². The second-order valence-corrected chi connectivity index (χ2v) is 8.14. The number of piperidine rings is 1. The molecule has 0 aliphatic carbocycles. The van der Waals surface area contributed by atoms with Gasteiger partial charge in [0.1, 0.15) is 6.04 Å². The van der Waals surface area contributed by atoms with E-state index >= 15 is 0 Å². The third-order valence-electron chi connectivity index (χ3n) is 5.81. The number of hydrogen-bond donors (Lipinski definition) is 2. The molecule has 1 atom stereocenters. The molecule has 0 spiro atoms. The van der Waals surface area contributed by atoms with Gasteiger partial charge in [0.15, 0.2) is 5.11 Å². The molecule has 1 saturated heterocycles. The van der Waals surface area contributed by atoms with Crippen LogP contribution in [0.15, 0.2) is 59.4 Å². The highest BCUT2D eigenvalue weighted by Gasteiger charge is 2.27. The first-order chi connectivity index (χ1) is 15.1. The standard InChI is InChI=1S/C23H26N4O3S/c1-30-21(28)19(15-16-7-3-2-4-8-16)25-23(31)26-13-11-17(12-14-26)27-20-10-6-5-9-18(20)24-22(27)29/h2-10,17,19H,11-15H2,1H3,(H,24,29)(H,25,31)/t19-/m1/s1. The van der Waals surface area contributed by atoms with Crippen LogP contribution < -0.4 is 11.0 Å². The van der Waals surface area contributed by atoms with Crippen molar-refractivity contribution in [2.24, 2.45) is 0 Å². The minimum absolute atomic E-state index is 0.0750. The highest BCUT2D eigenvalue weighted by molar-refractivity contribution is 7.80. The molecule has 2 heterocycles. The summed E-state index contributed by atoms with van der Waals surface area (Å²) in [6.07, 6.45) is 2.09. The van der Waals surface area contributed by atoms with Crippen molar-refractivity contribution in [1.29, 1.82) is 0 Å². The SMILES string of the molecule is COC(=O)[C@@H](Cc1ccccc1)NC(=S)N1CCC(n2c(=O)[nH]c3ccccc32)CC1. The van der Waals surface area contributed by atoms with Crippen molar-refractivity contribution in [2.45, 2.75) is 31.3 Å². The van der Waals surface area contributed by atoms with Crippen molar-refractivity contribution in [3.8, 4) is 0 Å². The lowest BCUT2D eigenvalue weighted by Crippen LogP contribution is -2.51. The number of carbonyl (C=O) groups excluding carboxylic acids is 1. The topological polar surface area (TPSA) is 79.4 Å². The summed E-state index contributed by atoms with van der Waals surface area (Å²) in [6.45, 7) is 1.42. The third kappa shape index (κ3) is 4.64. The molecule has 1 fully saturated rings. The van der Waals surface area contributed by atoms with Crippen molar-refractivity contribution in [1.82, 2.24) is 19.8 Å². The number of para-hydroxylation sites is 2. The number of likely N-dealkylation sites (tertiary alicyclic amines) is 1. The maximum atomic E-state index is 12.5. The molecule has 0 saturated carbocycles. The highest BCUT2D eigenvalue weighted by Crippen LogP contribution is 2.25. The van der Waals surface area contributed by atoms with Crippen LogP contribution in [0.3, 0.4) is 0 Å². The summed E-state index contributed by atoms with van der Waals surface area (Å²) in [5.74, 6) is -0.341. The van der Waals surface area contributed by atoms with Gasteiger partial charge in [0.05, 0.1) is 18.1 Å². The number of esters is 1. The highest BCUT2D eigenvalue weighted by atomic mass is 32.1. The van der Waals surface area contributed by atoms with Gasteiger partial charge in [-0.15, -0.1) is 0 Å². The lowest BCUT2D eigenvalue weighted by molar-refractivity contribution is -0.142. The van der Waals surface area contributed by atoms with Gasteiger partial charge in [-0.2, -0.15) is 0 Å². The Balaban J connectivity index is 1.40. The number of aromatic amines is 1. The Hall–Kier alpha value is -3.13. The predicted molar refractivity (Wildman–Crippen MR) is 124 cm³/mol. The normalized spacial score (nSPS) is 15.6. The summed E-state index contributed by atoms with van der Waals surface area (Å²) in [5.41, 5.74) is 2.74. The molecule has 1 aliphatic heterocycles. The fourth-order valence-electron chi connectivity index (χ4n) is 4.19. The molecule has 2 N–H and O–H groups in total. The molecule has 3 aromatic rings. The Morgan fingerprint density at radius 2 is 1.84 bits per heavy atom. The average molecular weight is 439 g/mol. The zero-order valence-electron chi connectivity index (χ0n) is 17.4. The van der Waals surface area contributed by atoms with Gasteiger partial charge in [-0.1, -0.05) is 42.5 Å². The number of H-pyrrole nitrogens is 1. The molecule has 31 heavy (non-hydrogen) atoms. The molecule has 1 aliphatic rings. The largest absolute Gasteiger partial charge is 0.467 e. The zero-order chi connectivity index (χ0) is 21.8. The minimum atomic E-state index is -0.547. The molecule has 2 aromatic carbocycles. The van der Waals surface area contributed by atoms with E-state index in [9.17, 15) is 9.59 Å². The van der Waals surface area contributed by atoms with Crippen LogP contribution in [0, 0.1) is 0 Å². The summed E-state index contributed by atoms with van der Waals surface area (Å²) >= 11 is 5.61. The molecule has 0 bridgehead atoms. The Labute approximate surface area is 186 Å². The molecule has 0 unspecified atom stereocenters. The smallest absolute Gasteiger partial charge is 0.328 e. The first-order valence-corrected chi connectivity index (χ1v) is 10.8. The van der Waals surface area contributed by atoms with E-state index in [-0.39, 0.29) is 17.7 Å². The molecule has 162 valence electrons. The number of imidazole rings is 1. The Morgan fingerprint density at radius 1 is 1.16 bits per heavy atom. The van der Waals surface area contributed by atoms with E-state index in [1.807, 2.05) is 59.2 Å². The molecule has 8 heteroatoms. The lowest BCUT2D eigenvalue weighted by atomic mass is 10.0. The lowest BCUT2D eigenvalue weighted by Gasteiger charge is -2.35. The van der Waals surface area contributed by atoms with E-state index in [4.69, 9.17) is 17.0 Å². The Bertz CT molecular complexity index is 1120. The first-order valence-electron chi connectivity index (χ1n) is 10.4. The van der Waals surface area contributed by atoms with Crippen LogP contribution in [0.25, 0.3) is 11.0 Å². The molecule has 1 aromatic heterocycles. The number of fused-ring (bicyclic) bond motifs is 1. The van der Waals surface area contributed by atoms with E-state index < -0.39 is 6.04 Å². The Morgan fingerprint density at radius 3 is 2.55 bits per heavy atom. The van der Waals surface area contributed by atoms with E-state index in [1.54, 1.807) is 0 Å². The van der Waals surface area contributed by atoms with Crippen molar-refractivity contribution >= 4 is 34.3 Å². The maximum absolute atomic E-state index is 12.5. The van der Waals surface area contributed by atoms with Crippen LogP contribution >= 0.6 is 12.2 Å². The number of rotatable bonds is 5. The van der Waals surface area contributed by atoms with Gasteiger partial charge in [-0.3, -0.25) is 4.57 Å². The van der Waals surface area contributed by atoms with Gasteiger partial charge >= 0.3 is 11.7 Å². The number of methoxy groups -OCH3 is 1. The fraction of sp³-hybridized carbons (Fsp3) is 0.348. The van der Waals surface area contributed by atoms with E-state index in [1.165, 1.54) is 7.11 Å². The van der Waals surface area contributed by atoms with Gasteiger partial charge in [0, 0.05) is 25.6 Å². The number of nitrogens with one attached hydrogen (secondary N) is 2. The molecule has 4 rings (SSSR count). The van der Waals surface area contributed by atoms with Gasteiger partial charge in [-0.05, 0) is 42.8 Å². The first kappa shape index (κ1) is 21.1. The van der Waals surface area contributed by atoms with E-state index in [2.05, 4.69) is 15.2 Å². The average Bonchev–Trinajstić information content (AvgIpc) is 3.14. The zero-order valence-corrected chi connectivity index (χ0v) is 18.2. The number of nitrogens with zero attached hydrogens (tertiary/aromatic N) is 2. The predicted octanol–water partition coefficient (Wildman–Crippen LogP) is 2.63. The summed E-state index contributed by atoms with van der Waals surface area (Å²) < 4.78 is 6.83. The number of ether oxygens (including phenoxy) is 1. The number of benzene rings is 2. The quantitative estimate of drug-likeness (QED) is 0.471. The van der Waals surface area contributed by atoms with Crippen LogP contribution in [-0.2, 0) is 16.0 Å². The molecular formula is C23H26N4O3S. The monoisotopic (exact) mass is 438 g/mol. The second kappa shape index (κ2) is 9.34.